The molecule has 27 heavy (non-hydrogen) atoms. The van der Waals surface area contributed by atoms with E-state index in [0.717, 1.165) is 33.7 Å². The summed E-state index contributed by atoms with van der Waals surface area (Å²) in [6.45, 7) is 2.30. The number of para-hydroxylation sites is 3. The lowest BCUT2D eigenvalue weighted by molar-refractivity contribution is -0.118. The number of hydrogen-bond donors (Lipinski definition) is 0. The summed E-state index contributed by atoms with van der Waals surface area (Å²) in [4.78, 5) is 19.5. The molecule has 0 saturated carbocycles. The number of benzene rings is 3. The third-order valence-electron chi connectivity index (χ3n) is 4.85. The number of amides is 1. The van der Waals surface area contributed by atoms with E-state index < -0.39 is 0 Å². The van der Waals surface area contributed by atoms with Crippen LogP contribution in [0.25, 0.3) is 22.4 Å². The molecule has 1 amide bonds. The summed E-state index contributed by atoms with van der Waals surface area (Å²) in [5.41, 5.74) is 4.92. The number of likely N-dealkylation sites (N-methyl/N-ethyl adjacent to an activating group) is 1. The zero-order valence-corrected chi connectivity index (χ0v) is 15.5. The number of rotatable bonds is 4. The highest BCUT2D eigenvalue weighted by atomic mass is 16.2. The Kier molecular flexibility index (Phi) is 4.47. The first kappa shape index (κ1) is 17.0. The number of nitrogens with zero attached hydrogens (tertiary/aromatic N) is 3. The standard InChI is InChI=1S/C23H21N3O/c1-17-10-6-7-13-19(17)23-24-20-14-8-9-15-21(20)26(23)16-22(27)25(2)18-11-4-3-5-12-18/h3-15H,16H2,1-2H3. The van der Waals surface area contributed by atoms with Gasteiger partial charge in [-0.25, -0.2) is 4.98 Å². The van der Waals surface area contributed by atoms with Crippen molar-refractivity contribution in [1.29, 1.82) is 0 Å². The largest absolute Gasteiger partial charge is 0.314 e. The molecule has 4 aromatic rings. The van der Waals surface area contributed by atoms with Crippen LogP contribution in [0.1, 0.15) is 5.56 Å². The van der Waals surface area contributed by atoms with Crippen molar-refractivity contribution in [3.8, 4) is 11.4 Å². The van der Waals surface area contributed by atoms with E-state index in [1.807, 2.05) is 78.3 Å². The van der Waals surface area contributed by atoms with Crippen LogP contribution in [0, 0.1) is 6.92 Å². The Morgan fingerprint density at radius 3 is 2.37 bits per heavy atom. The molecule has 1 aromatic heterocycles. The van der Waals surface area contributed by atoms with Crippen molar-refractivity contribution in [2.45, 2.75) is 13.5 Å². The van der Waals surface area contributed by atoms with Crippen LogP contribution >= 0.6 is 0 Å². The van der Waals surface area contributed by atoms with E-state index in [1.165, 1.54) is 0 Å². The molecule has 0 aliphatic carbocycles. The van der Waals surface area contributed by atoms with E-state index in [9.17, 15) is 4.79 Å². The van der Waals surface area contributed by atoms with E-state index in [0.29, 0.717) is 0 Å². The fourth-order valence-corrected chi connectivity index (χ4v) is 3.30. The topological polar surface area (TPSA) is 38.1 Å². The third-order valence-corrected chi connectivity index (χ3v) is 4.85. The lowest BCUT2D eigenvalue weighted by Crippen LogP contribution is -2.30. The quantitative estimate of drug-likeness (QED) is 0.533. The van der Waals surface area contributed by atoms with Gasteiger partial charge in [-0.05, 0) is 36.8 Å². The maximum absolute atomic E-state index is 13.0. The Hall–Kier alpha value is -3.40. The number of hydrogen-bond acceptors (Lipinski definition) is 2. The Morgan fingerprint density at radius 1 is 0.926 bits per heavy atom. The van der Waals surface area contributed by atoms with Crippen LogP contribution < -0.4 is 4.90 Å². The molecule has 4 nitrogen and oxygen atoms in total. The van der Waals surface area contributed by atoms with Crippen LogP contribution in [0.3, 0.4) is 0 Å². The number of carbonyl (C=O) groups is 1. The van der Waals surface area contributed by atoms with Gasteiger partial charge in [0.15, 0.2) is 0 Å². The van der Waals surface area contributed by atoms with Crippen molar-refractivity contribution >= 4 is 22.6 Å². The smallest absolute Gasteiger partial charge is 0.246 e. The van der Waals surface area contributed by atoms with Crippen molar-refractivity contribution < 1.29 is 4.79 Å². The Bertz CT molecular complexity index is 1100. The van der Waals surface area contributed by atoms with Gasteiger partial charge in [0.05, 0.1) is 11.0 Å². The molecule has 0 spiro atoms. The molecule has 0 saturated heterocycles. The molecule has 0 atom stereocenters. The molecule has 0 bridgehead atoms. The summed E-state index contributed by atoms with van der Waals surface area (Å²) in [6, 6.07) is 25.8. The molecule has 3 aromatic carbocycles. The summed E-state index contributed by atoms with van der Waals surface area (Å²) in [7, 11) is 1.81. The Morgan fingerprint density at radius 2 is 1.59 bits per heavy atom. The summed E-state index contributed by atoms with van der Waals surface area (Å²) in [6.07, 6.45) is 0. The van der Waals surface area contributed by atoms with Gasteiger partial charge in [-0.3, -0.25) is 4.79 Å². The van der Waals surface area contributed by atoms with E-state index in [4.69, 9.17) is 4.98 Å². The molecule has 0 fully saturated rings. The first-order valence-corrected chi connectivity index (χ1v) is 8.98. The van der Waals surface area contributed by atoms with Crippen molar-refractivity contribution in [2.24, 2.45) is 0 Å². The molecule has 0 unspecified atom stereocenters. The molecule has 4 rings (SSSR count). The van der Waals surface area contributed by atoms with E-state index in [1.54, 1.807) is 4.90 Å². The van der Waals surface area contributed by atoms with Crippen LogP contribution in [0.5, 0.6) is 0 Å². The SMILES string of the molecule is Cc1ccccc1-c1nc2ccccc2n1CC(=O)N(C)c1ccccc1. The van der Waals surface area contributed by atoms with Gasteiger partial charge >= 0.3 is 0 Å². The number of aryl methyl sites for hydroxylation is 1. The second-order valence-electron chi connectivity index (χ2n) is 6.61. The van der Waals surface area contributed by atoms with Crippen LogP contribution in [-0.4, -0.2) is 22.5 Å². The van der Waals surface area contributed by atoms with Gasteiger partial charge in [-0.2, -0.15) is 0 Å². The van der Waals surface area contributed by atoms with Crippen LogP contribution in [0.2, 0.25) is 0 Å². The predicted molar refractivity (Wildman–Crippen MR) is 110 cm³/mol. The minimum absolute atomic E-state index is 0.0131. The molecular weight excluding hydrogens is 334 g/mol. The van der Waals surface area contributed by atoms with Crippen molar-refractivity contribution in [1.82, 2.24) is 9.55 Å². The summed E-state index contributed by atoms with van der Waals surface area (Å²) in [5.74, 6) is 0.836. The second kappa shape index (κ2) is 7.08. The van der Waals surface area contributed by atoms with Crippen molar-refractivity contribution in [3.05, 3.63) is 84.4 Å². The molecule has 1 heterocycles. The van der Waals surface area contributed by atoms with E-state index in [2.05, 4.69) is 19.1 Å². The highest BCUT2D eigenvalue weighted by molar-refractivity contribution is 5.94. The molecule has 134 valence electrons. The molecule has 4 heteroatoms. The average molecular weight is 355 g/mol. The number of fused-ring (bicyclic) bond motifs is 1. The van der Waals surface area contributed by atoms with Crippen molar-refractivity contribution in [3.63, 3.8) is 0 Å². The fourth-order valence-electron chi connectivity index (χ4n) is 3.30. The maximum Gasteiger partial charge on any atom is 0.246 e. The van der Waals surface area contributed by atoms with Gasteiger partial charge in [0, 0.05) is 18.3 Å². The lowest BCUT2D eigenvalue weighted by Gasteiger charge is -2.19. The molecular formula is C23H21N3O. The fraction of sp³-hybridized carbons (Fsp3) is 0.130. The third kappa shape index (κ3) is 3.22. The highest BCUT2D eigenvalue weighted by Crippen LogP contribution is 2.27. The first-order valence-electron chi connectivity index (χ1n) is 8.98. The molecule has 0 N–H and O–H groups in total. The van der Waals surface area contributed by atoms with Crippen molar-refractivity contribution in [2.75, 3.05) is 11.9 Å². The van der Waals surface area contributed by atoms with Crippen LogP contribution in [-0.2, 0) is 11.3 Å². The van der Waals surface area contributed by atoms with Gasteiger partial charge in [0.2, 0.25) is 5.91 Å². The minimum atomic E-state index is 0.0131. The normalized spacial score (nSPS) is 10.9. The van der Waals surface area contributed by atoms with Gasteiger partial charge in [0.1, 0.15) is 12.4 Å². The summed E-state index contributed by atoms with van der Waals surface area (Å²) in [5, 5.41) is 0. The zero-order valence-electron chi connectivity index (χ0n) is 15.5. The number of imidazole rings is 1. The van der Waals surface area contributed by atoms with Gasteiger partial charge in [-0.15, -0.1) is 0 Å². The van der Waals surface area contributed by atoms with Gasteiger partial charge in [-0.1, -0.05) is 54.6 Å². The minimum Gasteiger partial charge on any atom is -0.314 e. The molecule has 0 aliphatic rings. The van der Waals surface area contributed by atoms with Gasteiger partial charge in [0.25, 0.3) is 0 Å². The van der Waals surface area contributed by atoms with Gasteiger partial charge < -0.3 is 9.47 Å². The molecule has 0 radical (unpaired) electrons. The zero-order chi connectivity index (χ0) is 18.8. The average Bonchev–Trinajstić information content (AvgIpc) is 3.06. The monoisotopic (exact) mass is 355 g/mol. The number of aromatic nitrogens is 2. The Labute approximate surface area is 158 Å². The predicted octanol–water partition coefficient (Wildman–Crippen LogP) is 4.67. The first-order chi connectivity index (χ1) is 13.1. The van der Waals surface area contributed by atoms with E-state index in [-0.39, 0.29) is 12.5 Å². The maximum atomic E-state index is 13.0. The molecule has 0 aliphatic heterocycles. The van der Waals surface area contributed by atoms with Crippen LogP contribution in [0.15, 0.2) is 78.9 Å². The van der Waals surface area contributed by atoms with Crippen LogP contribution in [0.4, 0.5) is 5.69 Å². The second-order valence-corrected chi connectivity index (χ2v) is 6.61. The summed E-state index contributed by atoms with van der Waals surface area (Å²) >= 11 is 0. The lowest BCUT2D eigenvalue weighted by atomic mass is 10.1. The Balaban J connectivity index is 1.78. The number of carbonyl (C=O) groups excluding carboxylic acids is 1. The van der Waals surface area contributed by atoms with E-state index >= 15 is 0 Å². The summed E-state index contributed by atoms with van der Waals surface area (Å²) < 4.78 is 2.01. The number of anilines is 1. The highest BCUT2D eigenvalue weighted by Gasteiger charge is 2.18.